The van der Waals surface area contributed by atoms with E-state index in [0.29, 0.717) is 14.4 Å². The second-order valence-corrected chi connectivity index (χ2v) is 8.12. The fourth-order valence-corrected chi connectivity index (χ4v) is 3.69. The Hall–Kier alpha value is 0.690. The number of nitrogens with zero attached hydrogens (tertiary/aromatic N) is 1. The summed E-state index contributed by atoms with van der Waals surface area (Å²) in [5.41, 5.74) is 0.972. The zero-order valence-corrected chi connectivity index (χ0v) is 11.3. The van der Waals surface area contributed by atoms with Crippen LogP contribution in [0.25, 0.3) is 0 Å². The molecule has 1 saturated heterocycles. The summed E-state index contributed by atoms with van der Waals surface area (Å²) in [6, 6.07) is 0. The molecule has 1 heterocycles. The van der Waals surface area contributed by atoms with Gasteiger partial charge >= 0.3 is 0 Å². The van der Waals surface area contributed by atoms with E-state index in [1.54, 1.807) is 0 Å². The van der Waals surface area contributed by atoms with Gasteiger partial charge in [0, 0.05) is 22.1 Å². The maximum Gasteiger partial charge on any atom is 0.0415 e. The molecule has 1 aliphatic carbocycles. The van der Waals surface area contributed by atoms with Gasteiger partial charge in [0.2, 0.25) is 0 Å². The van der Waals surface area contributed by atoms with E-state index in [-0.39, 0.29) is 0 Å². The van der Waals surface area contributed by atoms with Crippen molar-refractivity contribution in [2.75, 3.05) is 13.1 Å². The van der Waals surface area contributed by atoms with E-state index in [0.717, 1.165) is 0 Å². The summed E-state index contributed by atoms with van der Waals surface area (Å²) < 4.78 is 0.595. The molecule has 0 bridgehead atoms. The van der Waals surface area contributed by atoms with Crippen molar-refractivity contribution in [2.24, 2.45) is 5.41 Å². The molecule has 0 aromatic rings. The number of likely N-dealkylation sites (tertiary alicyclic amines) is 1. The predicted molar refractivity (Wildman–Crippen MR) is 65.4 cm³/mol. The Morgan fingerprint density at radius 3 is 2.00 bits per heavy atom. The first-order chi connectivity index (χ1) is 5.77. The Bertz CT molecular complexity index is 215. The first-order valence-electron chi connectivity index (χ1n) is 5.21. The van der Waals surface area contributed by atoms with E-state index in [2.05, 4.69) is 55.2 Å². The topological polar surface area (TPSA) is 3.24 Å². The van der Waals surface area contributed by atoms with Crippen molar-refractivity contribution >= 4 is 22.6 Å². The molecular formula is C11H20IN. The molecule has 2 rings (SSSR count). The molecule has 2 atom stereocenters. The average molecular weight is 293 g/mol. The van der Waals surface area contributed by atoms with Gasteiger partial charge in [-0.05, 0) is 39.0 Å². The summed E-state index contributed by atoms with van der Waals surface area (Å²) in [7, 11) is 0. The molecule has 0 amide bonds. The van der Waals surface area contributed by atoms with Gasteiger partial charge in [-0.1, -0.05) is 29.5 Å². The number of fused-ring (bicyclic) bond motifs is 1. The molecule has 1 saturated carbocycles. The lowest BCUT2D eigenvalue weighted by atomic mass is 9.63. The van der Waals surface area contributed by atoms with E-state index in [4.69, 9.17) is 0 Å². The second kappa shape index (κ2) is 2.63. The minimum absolute atomic E-state index is 0.360. The highest BCUT2D eigenvalue weighted by Crippen LogP contribution is 2.61. The predicted octanol–water partition coefficient (Wildman–Crippen LogP) is 3.07. The van der Waals surface area contributed by atoms with Gasteiger partial charge in [-0.3, -0.25) is 4.90 Å². The Balaban J connectivity index is 2.17. The third-order valence-corrected chi connectivity index (χ3v) is 6.27. The first-order valence-corrected chi connectivity index (χ1v) is 6.29. The summed E-state index contributed by atoms with van der Waals surface area (Å²) in [5, 5.41) is 0. The van der Waals surface area contributed by atoms with Crippen molar-refractivity contribution in [3.05, 3.63) is 0 Å². The Kier molecular flexibility index (Phi) is 2.06. The number of alkyl halides is 1. The normalized spacial score (nSPS) is 45.9. The minimum atomic E-state index is 0.360. The molecule has 0 spiro atoms. The van der Waals surface area contributed by atoms with Crippen LogP contribution < -0.4 is 0 Å². The molecule has 2 aliphatic rings. The van der Waals surface area contributed by atoms with Gasteiger partial charge in [0.25, 0.3) is 0 Å². The van der Waals surface area contributed by atoms with E-state index >= 15 is 0 Å². The molecule has 1 nitrogen and oxygen atoms in total. The Labute approximate surface area is 95.4 Å². The van der Waals surface area contributed by atoms with Crippen LogP contribution in [0.5, 0.6) is 0 Å². The summed E-state index contributed by atoms with van der Waals surface area (Å²) >= 11 is 2.71. The summed E-state index contributed by atoms with van der Waals surface area (Å²) in [5.74, 6) is 0. The molecule has 76 valence electrons. The highest BCUT2D eigenvalue weighted by atomic mass is 127. The van der Waals surface area contributed by atoms with Crippen LogP contribution in [0.2, 0.25) is 0 Å². The molecule has 0 radical (unpaired) electrons. The fourth-order valence-electron chi connectivity index (χ4n) is 2.57. The molecule has 0 N–H and O–H groups in total. The average Bonchev–Trinajstić information content (AvgIpc) is 2.13. The molecule has 2 fully saturated rings. The second-order valence-electron chi connectivity index (χ2n) is 6.05. The van der Waals surface area contributed by atoms with Crippen LogP contribution in [0, 0.1) is 5.41 Å². The smallest absolute Gasteiger partial charge is 0.0415 e. The van der Waals surface area contributed by atoms with Crippen LogP contribution in [-0.4, -0.2) is 27.0 Å². The van der Waals surface area contributed by atoms with Gasteiger partial charge in [-0.2, -0.15) is 0 Å². The van der Waals surface area contributed by atoms with Crippen molar-refractivity contribution in [3.8, 4) is 0 Å². The number of hydrogen-bond acceptors (Lipinski definition) is 1. The van der Waals surface area contributed by atoms with Crippen molar-refractivity contribution in [3.63, 3.8) is 0 Å². The largest absolute Gasteiger partial charge is 0.297 e. The zero-order chi connectivity index (χ0) is 9.91. The van der Waals surface area contributed by atoms with Crippen LogP contribution >= 0.6 is 22.6 Å². The standard InChI is InChI=1S/C11H20IN/c1-9(2,3)13-7-10(4)5-6-11(10,12)8-13/h5-8H2,1-4H3. The molecule has 13 heavy (non-hydrogen) atoms. The van der Waals surface area contributed by atoms with Crippen LogP contribution in [0.3, 0.4) is 0 Å². The lowest BCUT2D eigenvalue weighted by Gasteiger charge is -2.49. The molecular weight excluding hydrogens is 273 g/mol. The monoisotopic (exact) mass is 293 g/mol. The van der Waals surface area contributed by atoms with Crippen molar-refractivity contribution in [1.29, 1.82) is 0 Å². The molecule has 1 aliphatic heterocycles. The first kappa shape index (κ1) is 10.2. The quantitative estimate of drug-likeness (QED) is 0.490. The van der Waals surface area contributed by atoms with Gasteiger partial charge in [-0.15, -0.1) is 0 Å². The summed E-state index contributed by atoms with van der Waals surface area (Å²) in [6.07, 6.45) is 2.86. The van der Waals surface area contributed by atoms with E-state index in [1.165, 1.54) is 25.9 Å². The Morgan fingerprint density at radius 1 is 1.15 bits per heavy atom. The van der Waals surface area contributed by atoms with E-state index in [1.807, 2.05) is 0 Å². The highest BCUT2D eigenvalue weighted by Gasteiger charge is 2.61. The molecule has 2 heteroatoms. The fraction of sp³-hybridized carbons (Fsp3) is 1.00. The van der Waals surface area contributed by atoms with Gasteiger partial charge in [0.1, 0.15) is 0 Å². The number of hydrogen-bond donors (Lipinski definition) is 0. The Morgan fingerprint density at radius 2 is 1.77 bits per heavy atom. The lowest BCUT2D eigenvalue weighted by Crippen LogP contribution is -2.49. The van der Waals surface area contributed by atoms with E-state index in [9.17, 15) is 0 Å². The maximum atomic E-state index is 2.71. The van der Waals surface area contributed by atoms with Crippen LogP contribution in [-0.2, 0) is 0 Å². The molecule has 2 unspecified atom stereocenters. The highest BCUT2D eigenvalue weighted by molar-refractivity contribution is 14.1. The maximum absolute atomic E-state index is 2.71. The van der Waals surface area contributed by atoms with E-state index < -0.39 is 0 Å². The summed E-state index contributed by atoms with van der Waals surface area (Å²) in [4.78, 5) is 2.66. The van der Waals surface area contributed by atoms with Gasteiger partial charge < -0.3 is 0 Å². The SMILES string of the molecule is CC(C)(C)N1CC2(C)CCC2(I)C1. The summed E-state index contributed by atoms with van der Waals surface area (Å²) in [6.45, 7) is 12.1. The van der Waals surface area contributed by atoms with Crippen molar-refractivity contribution in [1.82, 2.24) is 4.90 Å². The third-order valence-electron chi connectivity index (χ3n) is 4.08. The third kappa shape index (κ3) is 1.36. The minimum Gasteiger partial charge on any atom is -0.297 e. The van der Waals surface area contributed by atoms with Crippen molar-refractivity contribution in [2.45, 2.75) is 49.5 Å². The van der Waals surface area contributed by atoms with Crippen LogP contribution in [0.1, 0.15) is 40.5 Å². The lowest BCUT2D eigenvalue weighted by molar-refractivity contribution is 0.130. The van der Waals surface area contributed by atoms with Crippen molar-refractivity contribution < 1.29 is 0 Å². The molecule has 0 aromatic heterocycles. The van der Waals surface area contributed by atoms with Gasteiger partial charge in [0.15, 0.2) is 0 Å². The van der Waals surface area contributed by atoms with Crippen LogP contribution in [0.4, 0.5) is 0 Å². The molecule has 0 aromatic carbocycles. The van der Waals surface area contributed by atoms with Gasteiger partial charge in [0.05, 0.1) is 0 Å². The zero-order valence-electron chi connectivity index (χ0n) is 9.15. The van der Waals surface area contributed by atoms with Crippen LogP contribution in [0.15, 0.2) is 0 Å². The number of rotatable bonds is 0. The van der Waals surface area contributed by atoms with Gasteiger partial charge in [-0.25, -0.2) is 0 Å². The number of halogens is 1.